The van der Waals surface area contributed by atoms with Crippen LogP contribution in [0.4, 0.5) is 13.2 Å². The van der Waals surface area contributed by atoms with Gasteiger partial charge in [-0.25, -0.2) is 4.98 Å². The lowest BCUT2D eigenvalue weighted by Gasteiger charge is -2.22. The normalized spacial score (nSPS) is 11.5. The summed E-state index contributed by atoms with van der Waals surface area (Å²) in [6.07, 6.45) is -2.54. The maximum Gasteiger partial charge on any atom is 0.416 e. The molecule has 9 heteroatoms. The first-order chi connectivity index (χ1) is 19.3. The molecule has 210 valence electrons. The van der Waals surface area contributed by atoms with Crippen molar-refractivity contribution in [3.63, 3.8) is 0 Å². The number of nitrogens with zero attached hydrogens (tertiary/aromatic N) is 2. The van der Waals surface area contributed by atoms with Crippen molar-refractivity contribution in [2.45, 2.75) is 52.2 Å². The highest BCUT2D eigenvalue weighted by Gasteiger charge is 2.30. The Hall–Kier alpha value is -3.69. The van der Waals surface area contributed by atoms with Crippen LogP contribution in [0.2, 0.25) is 0 Å². The number of rotatable bonds is 13. The van der Waals surface area contributed by atoms with Gasteiger partial charge in [-0.2, -0.15) is 13.2 Å². The molecule has 0 aliphatic rings. The van der Waals surface area contributed by atoms with E-state index >= 15 is 0 Å². The first kappa shape index (κ1) is 29.3. The van der Waals surface area contributed by atoms with E-state index in [9.17, 15) is 18.0 Å². The number of thiazole rings is 1. The van der Waals surface area contributed by atoms with Crippen molar-refractivity contribution in [2.75, 3.05) is 6.54 Å². The molecule has 0 spiro atoms. The third kappa shape index (κ3) is 8.93. The van der Waals surface area contributed by atoms with Gasteiger partial charge in [0.05, 0.1) is 12.1 Å². The molecule has 0 atom stereocenters. The van der Waals surface area contributed by atoms with Gasteiger partial charge in [-0.15, -0.1) is 11.3 Å². The molecule has 0 fully saturated rings. The van der Waals surface area contributed by atoms with Crippen LogP contribution in [0.5, 0.6) is 5.75 Å². The van der Waals surface area contributed by atoms with E-state index in [4.69, 9.17) is 4.74 Å². The second-order valence-electron chi connectivity index (χ2n) is 9.50. The minimum absolute atomic E-state index is 0.216. The molecule has 1 heterocycles. The Labute approximate surface area is 236 Å². The summed E-state index contributed by atoms with van der Waals surface area (Å²) in [6, 6.07) is 22.9. The largest absolute Gasteiger partial charge is 0.489 e. The highest BCUT2D eigenvalue weighted by atomic mass is 32.1. The van der Waals surface area contributed by atoms with Gasteiger partial charge in [0, 0.05) is 25.0 Å². The summed E-state index contributed by atoms with van der Waals surface area (Å²) in [4.78, 5) is 18.9. The zero-order chi connectivity index (χ0) is 28.4. The molecule has 0 aliphatic carbocycles. The lowest BCUT2D eigenvalue weighted by Crippen LogP contribution is -2.25. The first-order valence-corrected chi connectivity index (χ1v) is 14.0. The minimum Gasteiger partial charge on any atom is -0.489 e. The summed E-state index contributed by atoms with van der Waals surface area (Å²) in [7, 11) is 0. The average Bonchev–Trinajstić information content (AvgIpc) is 3.41. The third-order valence-corrected chi connectivity index (χ3v) is 7.03. The maximum atomic E-state index is 13.3. The van der Waals surface area contributed by atoms with Gasteiger partial charge in [-0.1, -0.05) is 74.0 Å². The summed E-state index contributed by atoms with van der Waals surface area (Å²) in [6.45, 7) is 4.25. The lowest BCUT2D eigenvalue weighted by atomic mass is 10.1. The topological polar surface area (TPSA) is 54.5 Å². The smallest absolute Gasteiger partial charge is 0.416 e. The molecule has 4 aromatic rings. The van der Waals surface area contributed by atoms with Crippen molar-refractivity contribution in [1.82, 2.24) is 15.2 Å². The molecule has 3 aromatic carbocycles. The van der Waals surface area contributed by atoms with Crippen LogP contribution < -0.4 is 10.1 Å². The Kier molecular flexibility index (Phi) is 10.3. The van der Waals surface area contributed by atoms with Gasteiger partial charge in [0.1, 0.15) is 23.1 Å². The van der Waals surface area contributed by atoms with E-state index in [1.54, 1.807) is 11.4 Å². The Balaban J connectivity index is 1.46. The van der Waals surface area contributed by atoms with E-state index < -0.39 is 11.7 Å². The molecule has 5 nitrogen and oxygen atoms in total. The molecular formula is C31H32F3N3O2S. The van der Waals surface area contributed by atoms with Gasteiger partial charge in [-0.3, -0.25) is 9.69 Å². The summed E-state index contributed by atoms with van der Waals surface area (Å²) >= 11 is 1.37. The minimum atomic E-state index is -4.41. The zero-order valence-electron chi connectivity index (χ0n) is 22.3. The van der Waals surface area contributed by atoms with Crippen LogP contribution in [0.1, 0.15) is 57.5 Å². The van der Waals surface area contributed by atoms with Gasteiger partial charge in [-0.05, 0) is 41.3 Å². The number of halogens is 3. The molecule has 0 saturated heterocycles. The SMILES string of the molecule is CCCCNC(=O)c1csc(CN(Cc2ccc(OCc3ccccc3)cc2)Cc2cccc(C(F)(F)F)c2)n1. The number of alkyl halides is 3. The van der Waals surface area contributed by atoms with Crippen LogP contribution in [0.25, 0.3) is 0 Å². The van der Waals surface area contributed by atoms with Crippen molar-refractivity contribution >= 4 is 17.2 Å². The van der Waals surface area contributed by atoms with Gasteiger partial charge < -0.3 is 10.1 Å². The number of amides is 1. The predicted octanol–water partition coefficient (Wildman–Crippen LogP) is 7.47. The number of hydrogen-bond acceptors (Lipinski definition) is 5. The van der Waals surface area contributed by atoms with E-state index in [0.717, 1.165) is 40.8 Å². The Morgan fingerprint density at radius 2 is 1.65 bits per heavy atom. The van der Waals surface area contributed by atoms with E-state index in [-0.39, 0.29) is 12.5 Å². The number of carbonyl (C=O) groups is 1. The van der Waals surface area contributed by atoms with Crippen LogP contribution in [0.3, 0.4) is 0 Å². The summed E-state index contributed by atoms with van der Waals surface area (Å²) in [5.74, 6) is 0.516. The Bertz CT molecular complexity index is 1360. The van der Waals surface area contributed by atoms with Crippen LogP contribution >= 0.6 is 11.3 Å². The number of aromatic nitrogens is 1. The molecule has 0 radical (unpaired) electrons. The fourth-order valence-corrected chi connectivity index (χ4v) is 4.93. The molecule has 0 aliphatic heterocycles. The number of unbranched alkanes of at least 4 members (excludes halogenated alkanes) is 1. The maximum absolute atomic E-state index is 13.3. The fourth-order valence-electron chi connectivity index (χ4n) is 4.11. The molecule has 1 aromatic heterocycles. The van der Waals surface area contributed by atoms with Crippen molar-refractivity contribution in [3.05, 3.63) is 117 Å². The van der Waals surface area contributed by atoms with Gasteiger partial charge >= 0.3 is 6.18 Å². The highest BCUT2D eigenvalue weighted by molar-refractivity contribution is 7.09. The van der Waals surface area contributed by atoms with E-state index in [1.807, 2.05) is 59.5 Å². The average molecular weight is 568 g/mol. The monoisotopic (exact) mass is 567 g/mol. The van der Waals surface area contributed by atoms with Gasteiger partial charge in [0.25, 0.3) is 5.91 Å². The Morgan fingerprint density at radius 1 is 0.925 bits per heavy atom. The molecular weight excluding hydrogens is 535 g/mol. The zero-order valence-corrected chi connectivity index (χ0v) is 23.1. The van der Waals surface area contributed by atoms with Gasteiger partial charge in [0.15, 0.2) is 0 Å². The Morgan fingerprint density at radius 3 is 2.38 bits per heavy atom. The fraction of sp³-hybridized carbons (Fsp3) is 0.290. The first-order valence-electron chi connectivity index (χ1n) is 13.2. The number of ether oxygens (including phenoxy) is 1. The van der Waals surface area contributed by atoms with E-state index in [0.29, 0.717) is 37.5 Å². The number of benzene rings is 3. The highest BCUT2D eigenvalue weighted by Crippen LogP contribution is 2.30. The summed E-state index contributed by atoms with van der Waals surface area (Å²) in [5.41, 5.74) is 2.28. The van der Waals surface area contributed by atoms with Crippen molar-refractivity contribution in [3.8, 4) is 5.75 Å². The standard InChI is InChI=1S/C31H32F3N3O2S/c1-2-3-16-35-30(38)28-22-40-29(36-28)20-37(19-25-10-7-11-26(17-25)31(32,33)34)18-23-12-14-27(15-13-23)39-21-24-8-5-4-6-9-24/h4-15,17,22H,2-3,16,18-21H2,1H3,(H,35,38). The third-order valence-electron chi connectivity index (χ3n) is 6.20. The number of nitrogens with one attached hydrogen (secondary N) is 1. The summed E-state index contributed by atoms with van der Waals surface area (Å²) < 4.78 is 45.9. The molecule has 1 N–H and O–H groups in total. The molecule has 0 saturated carbocycles. The molecule has 0 bridgehead atoms. The lowest BCUT2D eigenvalue weighted by molar-refractivity contribution is -0.137. The van der Waals surface area contributed by atoms with Crippen molar-refractivity contribution < 1.29 is 22.7 Å². The van der Waals surface area contributed by atoms with Crippen LogP contribution in [-0.4, -0.2) is 22.3 Å². The van der Waals surface area contributed by atoms with Crippen LogP contribution in [-0.2, 0) is 32.4 Å². The molecule has 1 amide bonds. The van der Waals surface area contributed by atoms with Crippen molar-refractivity contribution in [2.24, 2.45) is 0 Å². The summed E-state index contributed by atoms with van der Waals surface area (Å²) in [5, 5.41) is 5.30. The van der Waals surface area contributed by atoms with Gasteiger partial charge in [0.2, 0.25) is 0 Å². The number of carbonyl (C=O) groups excluding carboxylic acids is 1. The number of hydrogen-bond donors (Lipinski definition) is 1. The quantitative estimate of drug-likeness (QED) is 0.170. The molecule has 4 rings (SSSR count). The second-order valence-corrected chi connectivity index (χ2v) is 10.4. The van der Waals surface area contributed by atoms with Crippen LogP contribution in [0, 0.1) is 0 Å². The predicted molar refractivity (Wildman–Crippen MR) is 151 cm³/mol. The molecule has 40 heavy (non-hydrogen) atoms. The molecule has 0 unspecified atom stereocenters. The second kappa shape index (κ2) is 14.1. The van der Waals surface area contributed by atoms with Crippen LogP contribution in [0.15, 0.2) is 84.2 Å². The van der Waals surface area contributed by atoms with Crippen molar-refractivity contribution in [1.29, 1.82) is 0 Å². The van der Waals surface area contributed by atoms with E-state index in [2.05, 4.69) is 17.2 Å². The van der Waals surface area contributed by atoms with E-state index in [1.165, 1.54) is 23.5 Å².